The quantitative estimate of drug-likeness (QED) is 0.337. The lowest BCUT2D eigenvalue weighted by Gasteiger charge is -2.05. The summed E-state index contributed by atoms with van der Waals surface area (Å²) in [5, 5.41) is 27.1. The molecule has 4 rings (SSSR count). The topological polar surface area (TPSA) is 154 Å². The number of pyridine rings is 1. The van der Waals surface area contributed by atoms with E-state index >= 15 is 0 Å². The second kappa shape index (κ2) is 7.50. The average Bonchev–Trinajstić information content (AvgIpc) is 3.36. The maximum atomic E-state index is 12.7. The molecule has 0 unspecified atom stereocenters. The van der Waals surface area contributed by atoms with Crippen LogP contribution in [-0.4, -0.2) is 20.7 Å². The Morgan fingerprint density at radius 1 is 1.10 bits per heavy atom. The third-order valence-electron chi connectivity index (χ3n) is 4.21. The molecule has 0 saturated heterocycles. The van der Waals surface area contributed by atoms with Crippen molar-refractivity contribution in [1.29, 1.82) is 0 Å². The third kappa shape index (κ3) is 3.44. The number of nitrogens with one attached hydrogen (secondary N) is 1. The first-order chi connectivity index (χ1) is 14.3. The molecule has 0 atom stereocenters. The van der Waals surface area contributed by atoms with E-state index in [4.69, 9.17) is 5.73 Å². The summed E-state index contributed by atoms with van der Waals surface area (Å²) in [6.45, 7) is 0. The van der Waals surface area contributed by atoms with Crippen LogP contribution in [0, 0.1) is 20.2 Å². The Kier molecular flexibility index (Phi) is 4.85. The van der Waals surface area contributed by atoms with Gasteiger partial charge in [0.2, 0.25) is 0 Å². The van der Waals surface area contributed by atoms with Crippen molar-refractivity contribution >= 4 is 61.5 Å². The van der Waals surface area contributed by atoms with Crippen LogP contribution < -0.4 is 11.1 Å². The highest BCUT2D eigenvalue weighted by Crippen LogP contribution is 2.36. The highest BCUT2D eigenvalue weighted by molar-refractivity contribution is 7.21. The van der Waals surface area contributed by atoms with Crippen LogP contribution in [0.1, 0.15) is 9.67 Å². The van der Waals surface area contributed by atoms with Gasteiger partial charge in [0.15, 0.2) is 0 Å². The molecule has 0 fully saturated rings. The third-order valence-corrected chi connectivity index (χ3v) is 6.22. The Bertz CT molecular complexity index is 1320. The molecule has 3 aromatic heterocycles. The zero-order valence-electron chi connectivity index (χ0n) is 14.9. The van der Waals surface area contributed by atoms with Crippen LogP contribution in [0.15, 0.2) is 47.8 Å². The molecule has 1 amide bonds. The summed E-state index contributed by atoms with van der Waals surface area (Å²) in [4.78, 5) is 39.6. The molecule has 0 radical (unpaired) electrons. The van der Waals surface area contributed by atoms with Crippen molar-refractivity contribution in [2.45, 2.75) is 0 Å². The Balaban J connectivity index is 1.69. The molecule has 10 nitrogen and oxygen atoms in total. The number of aromatic nitrogens is 1. The molecule has 4 aromatic rings. The first kappa shape index (κ1) is 19.4. The summed E-state index contributed by atoms with van der Waals surface area (Å²) in [6, 6.07) is 10.4. The lowest BCUT2D eigenvalue weighted by Crippen LogP contribution is -2.13. The van der Waals surface area contributed by atoms with Crippen LogP contribution in [0.4, 0.5) is 22.7 Å². The molecule has 0 aliphatic carbocycles. The molecule has 0 spiro atoms. The predicted molar refractivity (Wildman–Crippen MR) is 115 cm³/mol. The number of thiophene rings is 2. The number of rotatable bonds is 5. The van der Waals surface area contributed by atoms with E-state index in [9.17, 15) is 25.0 Å². The first-order valence-electron chi connectivity index (χ1n) is 8.32. The molecule has 150 valence electrons. The normalized spacial score (nSPS) is 10.8. The van der Waals surface area contributed by atoms with Crippen molar-refractivity contribution in [3.8, 4) is 10.6 Å². The number of non-ortho nitro benzene ring substituents is 1. The van der Waals surface area contributed by atoms with Gasteiger partial charge < -0.3 is 11.1 Å². The molecule has 12 heteroatoms. The highest BCUT2D eigenvalue weighted by Gasteiger charge is 2.24. The number of fused-ring (bicyclic) bond motifs is 1. The van der Waals surface area contributed by atoms with E-state index in [0.717, 1.165) is 40.1 Å². The molecule has 0 bridgehead atoms. The number of nitrogen functional groups attached to an aromatic ring is 1. The maximum absolute atomic E-state index is 12.7. The van der Waals surface area contributed by atoms with Crippen LogP contribution in [0.2, 0.25) is 0 Å². The van der Waals surface area contributed by atoms with Crippen molar-refractivity contribution in [2.24, 2.45) is 0 Å². The summed E-state index contributed by atoms with van der Waals surface area (Å²) in [7, 11) is 0. The minimum Gasteiger partial charge on any atom is -0.397 e. The number of amides is 1. The van der Waals surface area contributed by atoms with Gasteiger partial charge in [-0.1, -0.05) is 6.07 Å². The zero-order chi connectivity index (χ0) is 21.4. The fourth-order valence-corrected chi connectivity index (χ4v) is 4.48. The number of hydrogen-bond donors (Lipinski definition) is 2. The number of nitrogens with two attached hydrogens (primary N) is 1. The second-order valence-corrected chi connectivity index (χ2v) is 7.99. The van der Waals surface area contributed by atoms with Gasteiger partial charge in [-0.15, -0.1) is 22.7 Å². The number of nitro groups is 2. The van der Waals surface area contributed by atoms with Crippen LogP contribution in [0.25, 0.3) is 20.8 Å². The van der Waals surface area contributed by atoms with Gasteiger partial charge in [0.25, 0.3) is 17.3 Å². The Hall–Kier alpha value is -3.90. The van der Waals surface area contributed by atoms with Crippen molar-refractivity contribution in [2.75, 3.05) is 11.1 Å². The number of nitrogens with zero attached hydrogens (tertiary/aromatic N) is 3. The van der Waals surface area contributed by atoms with Gasteiger partial charge in [0.1, 0.15) is 15.4 Å². The van der Waals surface area contributed by atoms with E-state index in [1.54, 1.807) is 12.1 Å². The lowest BCUT2D eigenvalue weighted by molar-refractivity contribution is -0.393. The van der Waals surface area contributed by atoms with E-state index in [1.165, 1.54) is 11.3 Å². The van der Waals surface area contributed by atoms with E-state index < -0.39 is 27.1 Å². The van der Waals surface area contributed by atoms with Crippen LogP contribution in [0.5, 0.6) is 0 Å². The average molecular weight is 441 g/mol. The molecule has 3 N–H and O–H groups in total. The predicted octanol–water partition coefficient (Wildman–Crippen LogP) is 4.68. The van der Waals surface area contributed by atoms with Gasteiger partial charge in [0.05, 0.1) is 32.2 Å². The standard InChI is InChI=1S/C18H11N5O5S2/c19-15-10-4-6-12(14-2-1-7-29-14)21-18(10)30-16(15)17(24)20-11-5-3-9(22(25)26)8-13(11)23(27)28/h1-8H,19H2,(H,20,24). The summed E-state index contributed by atoms with van der Waals surface area (Å²) < 4.78 is 0. The highest BCUT2D eigenvalue weighted by atomic mass is 32.1. The second-order valence-electron chi connectivity index (χ2n) is 6.04. The van der Waals surface area contributed by atoms with Crippen molar-refractivity contribution in [1.82, 2.24) is 4.98 Å². The van der Waals surface area contributed by atoms with Crippen LogP contribution >= 0.6 is 22.7 Å². The van der Waals surface area contributed by atoms with Gasteiger partial charge >= 0.3 is 0 Å². The van der Waals surface area contributed by atoms with Crippen molar-refractivity contribution in [3.63, 3.8) is 0 Å². The lowest BCUT2D eigenvalue weighted by atomic mass is 10.2. The summed E-state index contributed by atoms with van der Waals surface area (Å²) >= 11 is 2.59. The van der Waals surface area contributed by atoms with Gasteiger partial charge in [0, 0.05) is 11.5 Å². The number of nitro benzene ring substituents is 2. The number of carbonyl (C=O) groups is 1. The largest absolute Gasteiger partial charge is 0.397 e. The molecular weight excluding hydrogens is 430 g/mol. The monoisotopic (exact) mass is 441 g/mol. The SMILES string of the molecule is Nc1c(C(=O)Nc2ccc([N+](=O)[O-])cc2[N+](=O)[O-])sc2nc(-c3cccs3)ccc12. The number of anilines is 2. The van der Waals surface area contributed by atoms with Gasteiger partial charge in [-0.05, 0) is 29.6 Å². The summed E-state index contributed by atoms with van der Waals surface area (Å²) in [6.07, 6.45) is 0. The smallest absolute Gasteiger partial charge is 0.299 e. The molecule has 0 aliphatic heterocycles. The molecule has 30 heavy (non-hydrogen) atoms. The van der Waals surface area contributed by atoms with Crippen molar-refractivity contribution < 1.29 is 14.6 Å². The fourth-order valence-electron chi connectivity index (χ4n) is 2.80. The molecule has 0 aliphatic rings. The van der Waals surface area contributed by atoms with Gasteiger partial charge in [-0.2, -0.15) is 0 Å². The maximum Gasteiger partial charge on any atom is 0.299 e. The van der Waals surface area contributed by atoms with E-state index in [1.807, 2.05) is 17.5 Å². The van der Waals surface area contributed by atoms with E-state index in [-0.39, 0.29) is 16.3 Å². The van der Waals surface area contributed by atoms with Gasteiger partial charge in [-0.25, -0.2) is 4.98 Å². The minimum atomic E-state index is -0.800. The Labute approximate surface area is 175 Å². The Morgan fingerprint density at radius 3 is 2.57 bits per heavy atom. The van der Waals surface area contributed by atoms with Crippen molar-refractivity contribution in [3.05, 3.63) is 73.0 Å². The summed E-state index contributed by atoms with van der Waals surface area (Å²) in [5.41, 5.74) is 5.86. The van der Waals surface area contributed by atoms with E-state index in [2.05, 4.69) is 10.3 Å². The Morgan fingerprint density at radius 2 is 1.90 bits per heavy atom. The minimum absolute atomic E-state index is 0.147. The van der Waals surface area contributed by atoms with Gasteiger partial charge in [-0.3, -0.25) is 25.0 Å². The first-order valence-corrected chi connectivity index (χ1v) is 10.0. The molecule has 0 saturated carbocycles. The molecule has 3 heterocycles. The fraction of sp³-hybridized carbons (Fsp3) is 0. The van der Waals surface area contributed by atoms with Crippen LogP contribution in [0.3, 0.4) is 0 Å². The van der Waals surface area contributed by atoms with Crippen LogP contribution in [-0.2, 0) is 0 Å². The molecule has 1 aromatic carbocycles. The zero-order valence-corrected chi connectivity index (χ0v) is 16.5. The summed E-state index contributed by atoms with van der Waals surface area (Å²) in [5.74, 6) is -0.662. The molecular formula is C18H11N5O5S2. The number of benzene rings is 1. The number of hydrogen-bond acceptors (Lipinski definition) is 9. The van der Waals surface area contributed by atoms with E-state index in [0.29, 0.717) is 10.2 Å². The number of carbonyl (C=O) groups excluding carboxylic acids is 1.